The SMILES string of the molecule is Cc1nc(SCc2ccsc2)sc1C(=O)O. The number of carboxylic acids is 1. The van der Waals surface area contributed by atoms with Gasteiger partial charge < -0.3 is 5.11 Å². The number of hydrogen-bond donors (Lipinski definition) is 1. The number of aryl methyl sites for hydroxylation is 1. The van der Waals surface area contributed by atoms with Crippen molar-refractivity contribution in [3.63, 3.8) is 0 Å². The van der Waals surface area contributed by atoms with Crippen LogP contribution in [0.2, 0.25) is 0 Å². The van der Waals surface area contributed by atoms with E-state index >= 15 is 0 Å². The van der Waals surface area contributed by atoms with Gasteiger partial charge in [0, 0.05) is 5.75 Å². The van der Waals surface area contributed by atoms with Crippen LogP contribution < -0.4 is 0 Å². The van der Waals surface area contributed by atoms with E-state index in [1.165, 1.54) is 16.9 Å². The summed E-state index contributed by atoms with van der Waals surface area (Å²) >= 11 is 4.49. The first kappa shape index (κ1) is 11.6. The highest BCUT2D eigenvalue weighted by Crippen LogP contribution is 2.29. The van der Waals surface area contributed by atoms with Gasteiger partial charge in [-0.1, -0.05) is 11.8 Å². The van der Waals surface area contributed by atoms with E-state index in [2.05, 4.69) is 16.4 Å². The molecule has 0 saturated heterocycles. The van der Waals surface area contributed by atoms with Crippen molar-refractivity contribution >= 4 is 40.4 Å². The van der Waals surface area contributed by atoms with Crippen LogP contribution in [0.4, 0.5) is 0 Å². The van der Waals surface area contributed by atoms with Crippen LogP contribution in [0.25, 0.3) is 0 Å². The van der Waals surface area contributed by atoms with Crippen molar-refractivity contribution < 1.29 is 9.90 Å². The van der Waals surface area contributed by atoms with Crippen molar-refractivity contribution in [3.05, 3.63) is 33.0 Å². The summed E-state index contributed by atoms with van der Waals surface area (Å²) in [4.78, 5) is 15.4. The molecule has 1 N–H and O–H groups in total. The molecule has 0 unspecified atom stereocenters. The molecule has 0 radical (unpaired) electrons. The van der Waals surface area contributed by atoms with E-state index in [1.807, 2.05) is 5.38 Å². The van der Waals surface area contributed by atoms with E-state index in [0.29, 0.717) is 10.6 Å². The molecule has 0 saturated carbocycles. The minimum absolute atomic E-state index is 0.341. The lowest BCUT2D eigenvalue weighted by molar-refractivity contribution is 0.0701. The molecule has 0 aliphatic rings. The molecule has 0 aliphatic carbocycles. The Kier molecular flexibility index (Phi) is 3.63. The molecule has 0 atom stereocenters. The number of thiazole rings is 1. The van der Waals surface area contributed by atoms with Crippen LogP contribution in [0.5, 0.6) is 0 Å². The molecule has 0 amide bonds. The first-order valence-electron chi connectivity index (χ1n) is 4.51. The van der Waals surface area contributed by atoms with Gasteiger partial charge in [-0.15, -0.1) is 11.3 Å². The van der Waals surface area contributed by atoms with Crippen LogP contribution in [0, 0.1) is 6.92 Å². The highest BCUT2D eigenvalue weighted by atomic mass is 32.2. The highest BCUT2D eigenvalue weighted by molar-refractivity contribution is 8.00. The van der Waals surface area contributed by atoms with Crippen LogP contribution in [-0.2, 0) is 5.75 Å². The molecule has 0 fully saturated rings. The zero-order valence-electron chi connectivity index (χ0n) is 8.47. The predicted molar refractivity (Wildman–Crippen MR) is 67.7 cm³/mol. The van der Waals surface area contributed by atoms with Gasteiger partial charge in [-0.3, -0.25) is 0 Å². The van der Waals surface area contributed by atoms with Gasteiger partial charge in [0.25, 0.3) is 0 Å². The fourth-order valence-corrected chi connectivity index (χ4v) is 3.90. The average molecular weight is 271 g/mol. The smallest absolute Gasteiger partial charge is 0.347 e. The quantitative estimate of drug-likeness (QED) is 0.865. The van der Waals surface area contributed by atoms with E-state index in [1.54, 1.807) is 30.0 Å². The molecule has 84 valence electrons. The molecule has 2 aromatic heterocycles. The van der Waals surface area contributed by atoms with Gasteiger partial charge in [0.1, 0.15) is 4.88 Å². The van der Waals surface area contributed by atoms with Crippen LogP contribution in [0.3, 0.4) is 0 Å². The summed E-state index contributed by atoms with van der Waals surface area (Å²) in [5.74, 6) is -0.0485. The second-order valence-electron chi connectivity index (χ2n) is 3.12. The van der Waals surface area contributed by atoms with Gasteiger partial charge in [0.2, 0.25) is 0 Å². The number of nitrogens with zero attached hydrogens (tertiary/aromatic N) is 1. The third-order valence-corrected chi connectivity index (χ3v) is 5.01. The Morgan fingerprint density at radius 1 is 1.62 bits per heavy atom. The second-order valence-corrected chi connectivity index (χ2v) is 6.12. The van der Waals surface area contributed by atoms with Gasteiger partial charge in [0.05, 0.1) is 5.69 Å². The maximum atomic E-state index is 10.8. The van der Waals surface area contributed by atoms with Crippen molar-refractivity contribution in [1.82, 2.24) is 4.98 Å². The van der Waals surface area contributed by atoms with Gasteiger partial charge in [0.15, 0.2) is 4.34 Å². The van der Waals surface area contributed by atoms with E-state index in [9.17, 15) is 4.79 Å². The number of carboxylic acid groups (broad SMARTS) is 1. The minimum atomic E-state index is -0.891. The lowest BCUT2D eigenvalue weighted by Gasteiger charge is -1.92. The largest absolute Gasteiger partial charge is 0.477 e. The predicted octanol–water partition coefficient (Wildman–Crippen LogP) is 3.50. The Bertz CT molecular complexity index is 490. The first-order valence-corrected chi connectivity index (χ1v) is 7.26. The fraction of sp³-hybridized carbons (Fsp3) is 0.200. The average Bonchev–Trinajstić information content (AvgIpc) is 2.83. The molecule has 0 bridgehead atoms. The molecular weight excluding hydrogens is 262 g/mol. The number of thioether (sulfide) groups is 1. The topological polar surface area (TPSA) is 50.2 Å². The molecule has 6 heteroatoms. The van der Waals surface area contributed by atoms with Crippen molar-refractivity contribution in [1.29, 1.82) is 0 Å². The van der Waals surface area contributed by atoms with Gasteiger partial charge in [-0.05, 0) is 29.3 Å². The Labute approximate surface area is 105 Å². The zero-order chi connectivity index (χ0) is 11.5. The van der Waals surface area contributed by atoms with Crippen LogP contribution in [-0.4, -0.2) is 16.1 Å². The number of aromatic nitrogens is 1. The van der Waals surface area contributed by atoms with Gasteiger partial charge in [-0.2, -0.15) is 11.3 Å². The summed E-state index contributed by atoms with van der Waals surface area (Å²) in [5.41, 5.74) is 1.85. The van der Waals surface area contributed by atoms with Crippen molar-refractivity contribution in [2.75, 3.05) is 0 Å². The number of carbonyl (C=O) groups is 1. The standard InChI is InChI=1S/C10H9NO2S3/c1-6-8(9(12)13)16-10(11-6)15-5-7-2-3-14-4-7/h2-4H,5H2,1H3,(H,12,13). The van der Waals surface area contributed by atoms with E-state index in [4.69, 9.17) is 5.11 Å². The Hall–Kier alpha value is -0.850. The summed E-state index contributed by atoms with van der Waals surface area (Å²) in [6.45, 7) is 1.73. The Morgan fingerprint density at radius 2 is 2.44 bits per heavy atom. The number of hydrogen-bond acceptors (Lipinski definition) is 5. The Morgan fingerprint density at radius 3 is 3.00 bits per heavy atom. The molecule has 2 rings (SSSR count). The van der Waals surface area contributed by atoms with Crippen LogP contribution >= 0.6 is 34.4 Å². The van der Waals surface area contributed by atoms with Crippen molar-refractivity contribution in [3.8, 4) is 0 Å². The Balaban J connectivity index is 2.05. The summed E-state index contributed by atoms with van der Waals surface area (Å²) in [5, 5.41) is 13.0. The molecule has 0 aromatic carbocycles. The first-order chi connectivity index (χ1) is 7.66. The van der Waals surface area contributed by atoms with Crippen molar-refractivity contribution in [2.45, 2.75) is 17.0 Å². The monoisotopic (exact) mass is 271 g/mol. The summed E-state index contributed by atoms with van der Waals surface area (Å²) in [6.07, 6.45) is 0. The molecular formula is C10H9NO2S3. The van der Waals surface area contributed by atoms with E-state index in [-0.39, 0.29) is 0 Å². The lowest BCUT2D eigenvalue weighted by Crippen LogP contribution is -1.94. The normalized spacial score (nSPS) is 10.6. The van der Waals surface area contributed by atoms with Crippen LogP contribution in [0.1, 0.15) is 20.9 Å². The minimum Gasteiger partial charge on any atom is -0.477 e. The summed E-state index contributed by atoms with van der Waals surface area (Å²) in [6, 6.07) is 2.07. The number of thiophene rings is 1. The van der Waals surface area contributed by atoms with Gasteiger partial charge in [-0.25, -0.2) is 9.78 Å². The maximum absolute atomic E-state index is 10.8. The third kappa shape index (κ3) is 2.63. The molecule has 2 aromatic rings. The van der Waals surface area contributed by atoms with Crippen LogP contribution in [0.15, 0.2) is 21.2 Å². The molecule has 0 aliphatic heterocycles. The summed E-state index contributed by atoms with van der Waals surface area (Å²) in [7, 11) is 0. The number of aromatic carboxylic acids is 1. The summed E-state index contributed by atoms with van der Waals surface area (Å²) < 4.78 is 0.820. The van der Waals surface area contributed by atoms with E-state index in [0.717, 1.165) is 10.1 Å². The number of rotatable bonds is 4. The van der Waals surface area contributed by atoms with Gasteiger partial charge >= 0.3 is 5.97 Å². The molecule has 2 heterocycles. The molecule has 3 nitrogen and oxygen atoms in total. The molecule has 0 spiro atoms. The fourth-order valence-electron chi connectivity index (χ4n) is 1.15. The molecule has 16 heavy (non-hydrogen) atoms. The highest BCUT2D eigenvalue weighted by Gasteiger charge is 2.14. The van der Waals surface area contributed by atoms with E-state index < -0.39 is 5.97 Å². The third-order valence-electron chi connectivity index (χ3n) is 1.91. The maximum Gasteiger partial charge on any atom is 0.347 e. The lowest BCUT2D eigenvalue weighted by atomic mass is 10.4. The zero-order valence-corrected chi connectivity index (χ0v) is 10.9. The second kappa shape index (κ2) is 4.99. The van der Waals surface area contributed by atoms with Crippen molar-refractivity contribution in [2.24, 2.45) is 0 Å².